The molecule has 1 saturated carbocycles. The van der Waals surface area contributed by atoms with E-state index in [4.69, 9.17) is 0 Å². The Kier molecular flexibility index (Phi) is 1.28. The average molecular weight is 154 g/mol. The Morgan fingerprint density at radius 3 is 2.73 bits per heavy atom. The number of carbonyl (C=O) groups is 2. The molecule has 3 unspecified atom stereocenters. The summed E-state index contributed by atoms with van der Waals surface area (Å²) in [7, 11) is 0. The molecular weight excluding hydrogens is 144 g/mol. The van der Waals surface area contributed by atoms with E-state index >= 15 is 0 Å². The molecule has 0 aromatic heterocycles. The predicted octanol–water partition coefficient (Wildman–Crippen LogP) is 0.732. The van der Waals surface area contributed by atoms with Crippen molar-refractivity contribution in [1.29, 1.82) is 0 Å². The van der Waals surface area contributed by atoms with E-state index in [9.17, 15) is 9.59 Å². The third-order valence-electron chi connectivity index (χ3n) is 2.80. The van der Waals surface area contributed by atoms with Crippen molar-refractivity contribution >= 4 is 11.9 Å². The monoisotopic (exact) mass is 154 g/mol. The molecule has 0 spiro atoms. The summed E-state index contributed by atoms with van der Waals surface area (Å²) in [6.45, 7) is 2.04. The molecule has 1 heterocycles. The Hall–Kier alpha value is -0.860. The van der Waals surface area contributed by atoms with Gasteiger partial charge in [0.05, 0.1) is 11.8 Å². The van der Waals surface area contributed by atoms with Gasteiger partial charge in [0.15, 0.2) is 0 Å². The van der Waals surface area contributed by atoms with E-state index in [1.165, 1.54) is 0 Å². The first-order chi connectivity index (χ1) is 5.24. The molecule has 0 aromatic rings. The SMILES string of the molecule is CCC1CC2C(=O)OC(=O)C12. The Bertz CT molecular complexity index is 221. The van der Waals surface area contributed by atoms with E-state index in [1.54, 1.807) is 0 Å². The fraction of sp³-hybridized carbons (Fsp3) is 0.750. The Morgan fingerprint density at radius 2 is 2.18 bits per heavy atom. The van der Waals surface area contributed by atoms with Crippen LogP contribution in [0.4, 0.5) is 0 Å². The average Bonchev–Trinajstić information content (AvgIpc) is 2.03. The lowest BCUT2D eigenvalue weighted by Gasteiger charge is -2.33. The van der Waals surface area contributed by atoms with Gasteiger partial charge in [-0.3, -0.25) is 9.59 Å². The van der Waals surface area contributed by atoms with E-state index in [-0.39, 0.29) is 23.8 Å². The van der Waals surface area contributed by atoms with E-state index in [0.29, 0.717) is 5.92 Å². The second kappa shape index (κ2) is 2.06. The van der Waals surface area contributed by atoms with Gasteiger partial charge in [0, 0.05) is 0 Å². The number of ether oxygens (including phenoxy) is 1. The van der Waals surface area contributed by atoms with Crippen LogP contribution in [0.25, 0.3) is 0 Å². The molecule has 0 N–H and O–H groups in total. The summed E-state index contributed by atoms with van der Waals surface area (Å²) in [5.74, 6) is -0.373. The van der Waals surface area contributed by atoms with Gasteiger partial charge in [-0.05, 0) is 12.3 Å². The number of carbonyl (C=O) groups excluding carboxylic acids is 2. The molecule has 2 rings (SSSR count). The van der Waals surface area contributed by atoms with Gasteiger partial charge in [0.1, 0.15) is 0 Å². The molecule has 0 bridgehead atoms. The maximum Gasteiger partial charge on any atom is 0.317 e. The molecule has 0 aromatic carbocycles. The number of esters is 2. The smallest absolute Gasteiger partial charge is 0.317 e. The quantitative estimate of drug-likeness (QED) is 0.413. The van der Waals surface area contributed by atoms with Gasteiger partial charge >= 0.3 is 11.9 Å². The van der Waals surface area contributed by atoms with Crippen molar-refractivity contribution < 1.29 is 14.3 Å². The van der Waals surface area contributed by atoms with Crippen LogP contribution in [0.1, 0.15) is 19.8 Å². The molecule has 11 heavy (non-hydrogen) atoms. The zero-order chi connectivity index (χ0) is 8.01. The van der Waals surface area contributed by atoms with Crippen LogP contribution in [0.15, 0.2) is 0 Å². The van der Waals surface area contributed by atoms with Crippen LogP contribution in [0.5, 0.6) is 0 Å². The molecule has 3 nitrogen and oxygen atoms in total. The lowest BCUT2D eigenvalue weighted by atomic mass is 9.65. The Morgan fingerprint density at radius 1 is 1.45 bits per heavy atom. The Labute approximate surface area is 64.7 Å². The molecular formula is C8H10O3. The number of cyclic esters (lactones) is 2. The van der Waals surface area contributed by atoms with Gasteiger partial charge in [-0.25, -0.2) is 0 Å². The van der Waals surface area contributed by atoms with Gasteiger partial charge in [-0.2, -0.15) is 0 Å². The fourth-order valence-electron chi connectivity index (χ4n) is 2.02. The highest BCUT2D eigenvalue weighted by Crippen LogP contribution is 2.47. The van der Waals surface area contributed by atoms with Gasteiger partial charge in [0.2, 0.25) is 0 Å². The van der Waals surface area contributed by atoms with E-state index < -0.39 is 0 Å². The minimum atomic E-state index is -0.301. The van der Waals surface area contributed by atoms with E-state index in [0.717, 1.165) is 12.8 Å². The first-order valence-electron chi connectivity index (χ1n) is 3.99. The molecule has 60 valence electrons. The van der Waals surface area contributed by atoms with Gasteiger partial charge in [-0.1, -0.05) is 13.3 Å². The molecule has 2 aliphatic rings. The van der Waals surface area contributed by atoms with Gasteiger partial charge in [0.25, 0.3) is 0 Å². The zero-order valence-corrected chi connectivity index (χ0v) is 6.37. The Balaban J connectivity index is 2.15. The highest BCUT2D eigenvalue weighted by molar-refractivity contribution is 5.98. The topological polar surface area (TPSA) is 43.4 Å². The first-order valence-corrected chi connectivity index (χ1v) is 3.99. The van der Waals surface area contributed by atoms with Crippen molar-refractivity contribution in [2.45, 2.75) is 19.8 Å². The largest absolute Gasteiger partial charge is 0.393 e. The zero-order valence-electron chi connectivity index (χ0n) is 6.37. The minimum Gasteiger partial charge on any atom is -0.393 e. The number of hydrogen-bond donors (Lipinski definition) is 0. The van der Waals surface area contributed by atoms with Gasteiger partial charge in [-0.15, -0.1) is 0 Å². The fourth-order valence-corrected chi connectivity index (χ4v) is 2.02. The highest BCUT2D eigenvalue weighted by Gasteiger charge is 2.55. The summed E-state index contributed by atoms with van der Waals surface area (Å²) in [5, 5.41) is 0. The second-order valence-electron chi connectivity index (χ2n) is 3.28. The van der Waals surface area contributed by atoms with Crippen LogP contribution >= 0.6 is 0 Å². The summed E-state index contributed by atoms with van der Waals surface area (Å²) in [4.78, 5) is 21.8. The maximum atomic E-state index is 11.0. The normalized spacial score (nSPS) is 41.4. The minimum absolute atomic E-state index is 0.0903. The standard InChI is InChI=1S/C8H10O3/c1-2-4-3-5-6(4)8(10)11-7(5)9/h4-6H,2-3H2,1H3. The van der Waals surface area contributed by atoms with Crippen molar-refractivity contribution in [1.82, 2.24) is 0 Å². The van der Waals surface area contributed by atoms with Crippen molar-refractivity contribution in [2.75, 3.05) is 0 Å². The van der Waals surface area contributed by atoms with Crippen molar-refractivity contribution in [3.8, 4) is 0 Å². The molecule has 0 radical (unpaired) electrons. The second-order valence-corrected chi connectivity index (χ2v) is 3.28. The van der Waals surface area contributed by atoms with Crippen LogP contribution < -0.4 is 0 Å². The molecule has 1 aliphatic carbocycles. The number of fused-ring (bicyclic) bond motifs is 1. The third-order valence-corrected chi connectivity index (χ3v) is 2.80. The highest BCUT2D eigenvalue weighted by atomic mass is 16.6. The van der Waals surface area contributed by atoms with Crippen LogP contribution in [-0.2, 0) is 14.3 Å². The van der Waals surface area contributed by atoms with Crippen LogP contribution in [0, 0.1) is 17.8 Å². The molecule has 1 aliphatic heterocycles. The van der Waals surface area contributed by atoms with E-state index in [1.807, 2.05) is 6.92 Å². The predicted molar refractivity (Wildman–Crippen MR) is 36.5 cm³/mol. The number of rotatable bonds is 1. The summed E-state index contributed by atoms with van der Waals surface area (Å²) in [6, 6.07) is 0. The van der Waals surface area contributed by atoms with Crippen molar-refractivity contribution in [2.24, 2.45) is 17.8 Å². The maximum absolute atomic E-state index is 11.0. The first kappa shape index (κ1) is 6.83. The van der Waals surface area contributed by atoms with Crippen molar-refractivity contribution in [3.05, 3.63) is 0 Å². The molecule has 1 saturated heterocycles. The lowest BCUT2D eigenvalue weighted by Crippen LogP contribution is -2.38. The molecule has 0 amide bonds. The lowest BCUT2D eigenvalue weighted by molar-refractivity contribution is -0.153. The van der Waals surface area contributed by atoms with Crippen LogP contribution in [0.3, 0.4) is 0 Å². The molecule has 2 fully saturated rings. The van der Waals surface area contributed by atoms with Crippen molar-refractivity contribution in [3.63, 3.8) is 0 Å². The third kappa shape index (κ3) is 0.737. The molecule has 3 atom stereocenters. The van der Waals surface area contributed by atoms with Crippen LogP contribution in [0.2, 0.25) is 0 Å². The summed E-state index contributed by atoms with van der Waals surface area (Å²) < 4.78 is 4.50. The van der Waals surface area contributed by atoms with E-state index in [2.05, 4.69) is 4.74 Å². The molecule has 3 heteroatoms. The number of hydrogen-bond acceptors (Lipinski definition) is 3. The summed E-state index contributed by atoms with van der Waals surface area (Å²) in [5.41, 5.74) is 0. The summed E-state index contributed by atoms with van der Waals surface area (Å²) in [6.07, 6.45) is 1.83. The van der Waals surface area contributed by atoms with Crippen LogP contribution in [-0.4, -0.2) is 11.9 Å². The van der Waals surface area contributed by atoms with Gasteiger partial charge < -0.3 is 4.74 Å². The summed E-state index contributed by atoms with van der Waals surface area (Å²) >= 11 is 0.